The fourth-order valence-corrected chi connectivity index (χ4v) is 4.27. The third-order valence-electron chi connectivity index (χ3n) is 5.45. The minimum Gasteiger partial charge on any atom is -0.485 e. The molecule has 0 spiro atoms. The van der Waals surface area contributed by atoms with Crippen molar-refractivity contribution >= 4 is 29.0 Å². The van der Waals surface area contributed by atoms with Crippen LogP contribution in [0.25, 0.3) is 0 Å². The smallest absolute Gasteiger partial charge is 0.290 e. The maximum atomic E-state index is 12.7. The van der Waals surface area contributed by atoms with Crippen molar-refractivity contribution in [2.24, 2.45) is 5.92 Å². The van der Waals surface area contributed by atoms with Gasteiger partial charge in [0.15, 0.2) is 5.05 Å². The summed E-state index contributed by atoms with van der Waals surface area (Å²) in [5.41, 5.74) is 1.20. The third-order valence-corrected chi connectivity index (χ3v) is 5.84. The number of ether oxygens (including phenoxy) is 1. The van der Waals surface area contributed by atoms with Crippen molar-refractivity contribution in [2.45, 2.75) is 57.4 Å². The molecule has 140 valence electrons. The molecule has 2 aliphatic rings. The molecule has 0 unspecified atom stereocenters. The van der Waals surface area contributed by atoms with Crippen LogP contribution >= 0.6 is 12.2 Å². The number of likely N-dealkylation sites (tertiary alicyclic amines) is 1. The Morgan fingerprint density at radius 3 is 2.50 bits per heavy atom. The Morgan fingerprint density at radius 2 is 1.77 bits per heavy atom. The van der Waals surface area contributed by atoms with E-state index < -0.39 is 0 Å². The van der Waals surface area contributed by atoms with Gasteiger partial charge in [-0.1, -0.05) is 49.6 Å². The van der Waals surface area contributed by atoms with Gasteiger partial charge in [-0.25, -0.2) is 0 Å². The molecule has 26 heavy (non-hydrogen) atoms. The number of hydrogen-bond acceptors (Lipinski definition) is 4. The molecule has 1 saturated carbocycles. The van der Waals surface area contributed by atoms with Crippen LogP contribution in [0.5, 0.6) is 0 Å². The van der Waals surface area contributed by atoms with E-state index in [9.17, 15) is 9.59 Å². The fraction of sp³-hybridized carbons (Fsp3) is 0.571. The largest absolute Gasteiger partial charge is 0.485 e. The Labute approximate surface area is 160 Å². The maximum Gasteiger partial charge on any atom is 0.290 e. The van der Waals surface area contributed by atoms with Gasteiger partial charge in [0, 0.05) is 18.9 Å². The van der Waals surface area contributed by atoms with Gasteiger partial charge in [-0.15, -0.1) is 0 Å². The molecule has 0 N–H and O–H groups in total. The number of hydrogen-bond donors (Lipinski definition) is 0. The number of Topliss-reactive ketones (excluding diaryl/α,β-unsaturated/α-hetero) is 1. The van der Waals surface area contributed by atoms with Gasteiger partial charge in [-0.3, -0.25) is 9.59 Å². The van der Waals surface area contributed by atoms with Crippen LogP contribution in [0.3, 0.4) is 0 Å². The Morgan fingerprint density at radius 1 is 1.04 bits per heavy atom. The number of rotatable bonds is 6. The van der Waals surface area contributed by atoms with Crippen molar-refractivity contribution < 1.29 is 14.3 Å². The molecule has 1 heterocycles. The molecule has 0 radical (unpaired) electrons. The highest BCUT2D eigenvalue weighted by atomic mass is 32.1. The highest BCUT2D eigenvalue weighted by molar-refractivity contribution is 7.80. The van der Waals surface area contributed by atoms with E-state index in [-0.39, 0.29) is 23.7 Å². The van der Waals surface area contributed by atoms with Crippen molar-refractivity contribution in [1.29, 1.82) is 0 Å². The zero-order chi connectivity index (χ0) is 18.4. The lowest BCUT2D eigenvalue weighted by Gasteiger charge is -2.27. The first-order valence-corrected chi connectivity index (χ1v) is 10.1. The van der Waals surface area contributed by atoms with E-state index in [2.05, 4.69) is 12.1 Å². The van der Waals surface area contributed by atoms with Crippen LogP contribution in [-0.4, -0.2) is 40.8 Å². The number of carbonyl (C=O) groups is 2. The second-order valence-corrected chi connectivity index (χ2v) is 7.66. The standard InChI is InChI=1S/C21H27NO3S/c23-19(17-10-5-2-6-11-17)20(24)22-14-7-12-18(22)21(26)25-15-13-16-8-3-1-4-9-16/h1,3-4,8-9,17-18H,2,5-7,10-15H2/t18-/m0/s1. The summed E-state index contributed by atoms with van der Waals surface area (Å²) in [6.45, 7) is 1.10. The van der Waals surface area contributed by atoms with Gasteiger partial charge in [0.25, 0.3) is 5.91 Å². The van der Waals surface area contributed by atoms with Gasteiger partial charge in [0.05, 0.1) is 6.61 Å². The Balaban J connectivity index is 1.52. The molecule has 1 aliphatic heterocycles. The Bertz CT molecular complexity index is 640. The minimum atomic E-state index is -0.353. The van der Waals surface area contributed by atoms with Crippen LogP contribution in [0.15, 0.2) is 30.3 Å². The first kappa shape index (κ1) is 19.0. The minimum absolute atomic E-state index is 0.0925. The van der Waals surface area contributed by atoms with Crippen LogP contribution in [0.4, 0.5) is 0 Å². The first-order chi connectivity index (χ1) is 12.7. The van der Waals surface area contributed by atoms with Crippen LogP contribution in [0, 0.1) is 5.92 Å². The lowest BCUT2D eigenvalue weighted by atomic mass is 9.86. The molecular formula is C21H27NO3S. The number of carbonyl (C=O) groups excluding carboxylic acids is 2. The molecule has 4 nitrogen and oxygen atoms in total. The summed E-state index contributed by atoms with van der Waals surface area (Å²) >= 11 is 5.44. The van der Waals surface area contributed by atoms with Gasteiger partial charge in [0.1, 0.15) is 6.04 Å². The van der Waals surface area contributed by atoms with Crippen LogP contribution in [0.1, 0.15) is 50.5 Å². The first-order valence-electron chi connectivity index (χ1n) is 9.72. The predicted octanol–water partition coefficient (Wildman–Crippen LogP) is 3.71. The van der Waals surface area contributed by atoms with E-state index in [4.69, 9.17) is 17.0 Å². The van der Waals surface area contributed by atoms with Crippen molar-refractivity contribution in [3.63, 3.8) is 0 Å². The zero-order valence-corrected chi connectivity index (χ0v) is 16.0. The summed E-state index contributed by atoms with van der Waals surface area (Å²) in [6.07, 6.45) is 7.40. The molecule has 1 aromatic carbocycles. The summed E-state index contributed by atoms with van der Waals surface area (Å²) in [5, 5.41) is 0.447. The SMILES string of the molecule is O=C(C(=O)N1CCC[C@H]1C(=S)OCCc1ccccc1)C1CCCCC1. The molecule has 0 aromatic heterocycles. The van der Waals surface area contributed by atoms with E-state index in [1.54, 1.807) is 4.90 Å². The summed E-state index contributed by atoms with van der Waals surface area (Å²) in [4.78, 5) is 26.9. The molecular weight excluding hydrogens is 346 g/mol. The van der Waals surface area contributed by atoms with Gasteiger partial charge >= 0.3 is 0 Å². The van der Waals surface area contributed by atoms with Crippen molar-refractivity contribution in [2.75, 3.05) is 13.2 Å². The summed E-state index contributed by atoms with van der Waals surface area (Å²) in [7, 11) is 0. The van der Waals surface area contributed by atoms with E-state index in [1.165, 1.54) is 12.0 Å². The number of ketones is 1. The van der Waals surface area contributed by atoms with E-state index in [1.807, 2.05) is 18.2 Å². The number of amides is 1. The van der Waals surface area contributed by atoms with E-state index in [0.717, 1.165) is 44.9 Å². The second kappa shape index (κ2) is 9.26. The number of nitrogens with zero attached hydrogens (tertiary/aromatic N) is 1. The highest BCUT2D eigenvalue weighted by Gasteiger charge is 2.38. The van der Waals surface area contributed by atoms with Crippen molar-refractivity contribution in [3.8, 4) is 0 Å². The van der Waals surface area contributed by atoms with Crippen LogP contribution in [0.2, 0.25) is 0 Å². The summed E-state index contributed by atoms with van der Waals surface area (Å²) < 4.78 is 5.76. The highest BCUT2D eigenvalue weighted by Crippen LogP contribution is 2.27. The normalized spacial score (nSPS) is 20.8. The third kappa shape index (κ3) is 4.70. The summed E-state index contributed by atoms with van der Waals surface area (Å²) in [5.74, 6) is -0.665. The lowest BCUT2D eigenvalue weighted by molar-refractivity contribution is -0.147. The monoisotopic (exact) mass is 373 g/mol. The molecule has 1 aliphatic carbocycles. The second-order valence-electron chi connectivity index (χ2n) is 7.26. The molecule has 0 bridgehead atoms. The van der Waals surface area contributed by atoms with Crippen molar-refractivity contribution in [3.05, 3.63) is 35.9 Å². The molecule has 2 fully saturated rings. The van der Waals surface area contributed by atoms with Crippen LogP contribution in [-0.2, 0) is 20.7 Å². The average molecular weight is 374 g/mol. The van der Waals surface area contributed by atoms with Gasteiger partial charge in [-0.2, -0.15) is 0 Å². The molecule has 1 amide bonds. The molecule has 3 rings (SSSR count). The molecule has 1 atom stereocenters. The zero-order valence-electron chi connectivity index (χ0n) is 15.2. The van der Waals surface area contributed by atoms with Gasteiger partial charge < -0.3 is 9.64 Å². The van der Waals surface area contributed by atoms with Crippen LogP contribution < -0.4 is 0 Å². The molecule has 1 aromatic rings. The molecule has 5 heteroatoms. The van der Waals surface area contributed by atoms with Gasteiger partial charge in [0.2, 0.25) is 5.78 Å². The maximum absolute atomic E-state index is 12.7. The fourth-order valence-electron chi connectivity index (χ4n) is 3.95. The Hall–Kier alpha value is -1.75. The predicted molar refractivity (Wildman–Crippen MR) is 105 cm³/mol. The van der Waals surface area contributed by atoms with Gasteiger partial charge in [-0.05, 0) is 43.5 Å². The average Bonchev–Trinajstić information content (AvgIpc) is 3.18. The Kier molecular flexibility index (Phi) is 6.78. The quantitative estimate of drug-likeness (QED) is 0.563. The molecule has 1 saturated heterocycles. The lowest BCUT2D eigenvalue weighted by Crippen LogP contribution is -2.46. The topological polar surface area (TPSA) is 46.6 Å². The summed E-state index contributed by atoms with van der Waals surface area (Å²) in [6, 6.07) is 9.87. The van der Waals surface area contributed by atoms with Crippen molar-refractivity contribution in [1.82, 2.24) is 4.90 Å². The number of thiocarbonyl (C=S) groups is 1. The number of benzene rings is 1. The van der Waals surface area contributed by atoms with E-state index >= 15 is 0 Å². The van der Waals surface area contributed by atoms with E-state index in [0.29, 0.717) is 18.2 Å².